The van der Waals surface area contributed by atoms with Crippen LogP contribution in [-0.2, 0) is 11.2 Å². The molecule has 1 fully saturated rings. The Morgan fingerprint density at radius 2 is 2.11 bits per heavy atom. The molecule has 0 radical (unpaired) electrons. The second kappa shape index (κ2) is 5.85. The lowest BCUT2D eigenvalue weighted by Crippen LogP contribution is -2.38. The van der Waals surface area contributed by atoms with Crippen LogP contribution in [0.25, 0.3) is 0 Å². The van der Waals surface area contributed by atoms with Crippen molar-refractivity contribution in [3.63, 3.8) is 0 Å². The standard InChI is InChI=1S/C15H20ClNO/c1-10-6-7-11(13(16)8-10)9-15(18)12-4-2-3-5-14(12)17/h6-8,12,14H,2-5,9,17H2,1H3. The molecule has 2 N–H and O–H groups in total. The number of halogens is 1. The lowest BCUT2D eigenvalue weighted by atomic mass is 9.80. The summed E-state index contributed by atoms with van der Waals surface area (Å²) in [6.07, 6.45) is 4.58. The number of ketones is 1. The first-order chi connectivity index (χ1) is 8.58. The summed E-state index contributed by atoms with van der Waals surface area (Å²) in [5, 5.41) is 0.688. The summed E-state index contributed by atoms with van der Waals surface area (Å²) in [6.45, 7) is 1.99. The van der Waals surface area contributed by atoms with E-state index in [1.54, 1.807) is 0 Å². The highest BCUT2D eigenvalue weighted by atomic mass is 35.5. The highest BCUT2D eigenvalue weighted by molar-refractivity contribution is 6.31. The first-order valence-electron chi connectivity index (χ1n) is 6.61. The largest absolute Gasteiger partial charge is 0.327 e. The number of carbonyl (C=O) groups excluding carboxylic acids is 1. The normalized spacial score (nSPS) is 23.9. The van der Waals surface area contributed by atoms with Crippen LogP contribution in [0.1, 0.15) is 36.8 Å². The molecular weight excluding hydrogens is 246 g/mol. The van der Waals surface area contributed by atoms with Crippen molar-refractivity contribution < 1.29 is 4.79 Å². The molecule has 0 spiro atoms. The predicted molar refractivity (Wildman–Crippen MR) is 74.8 cm³/mol. The molecule has 2 unspecified atom stereocenters. The van der Waals surface area contributed by atoms with Gasteiger partial charge in [-0.25, -0.2) is 0 Å². The Bertz CT molecular complexity index is 444. The highest BCUT2D eigenvalue weighted by Crippen LogP contribution is 2.26. The number of benzene rings is 1. The number of hydrogen-bond acceptors (Lipinski definition) is 2. The molecular formula is C15H20ClNO. The van der Waals surface area contributed by atoms with Gasteiger partial charge in [0.15, 0.2) is 0 Å². The average molecular weight is 266 g/mol. The van der Waals surface area contributed by atoms with Gasteiger partial charge < -0.3 is 5.73 Å². The predicted octanol–water partition coefficient (Wildman–Crippen LogP) is 3.28. The molecule has 0 bridgehead atoms. The smallest absolute Gasteiger partial charge is 0.141 e. The van der Waals surface area contributed by atoms with Crippen molar-refractivity contribution in [1.82, 2.24) is 0 Å². The van der Waals surface area contributed by atoms with Gasteiger partial charge in [-0.05, 0) is 37.0 Å². The highest BCUT2D eigenvalue weighted by Gasteiger charge is 2.28. The lowest BCUT2D eigenvalue weighted by molar-refractivity contribution is -0.123. The number of rotatable bonds is 3. The van der Waals surface area contributed by atoms with Gasteiger partial charge in [-0.15, -0.1) is 0 Å². The van der Waals surface area contributed by atoms with E-state index in [9.17, 15) is 4.79 Å². The Hall–Kier alpha value is -0.860. The summed E-state index contributed by atoms with van der Waals surface area (Å²) >= 11 is 6.17. The van der Waals surface area contributed by atoms with Gasteiger partial charge in [-0.2, -0.15) is 0 Å². The molecule has 18 heavy (non-hydrogen) atoms. The first kappa shape index (κ1) is 13.6. The summed E-state index contributed by atoms with van der Waals surface area (Å²) < 4.78 is 0. The topological polar surface area (TPSA) is 43.1 Å². The van der Waals surface area contributed by atoms with Crippen molar-refractivity contribution in [3.8, 4) is 0 Å². The minimum absolute atomic E-state index is 0.0242. The molecule has 0 saturated heterocycles. The van der Waals surface area contributed by atoms with Crippen LogP contribution >= 0.6 is 11.6 Å². The number of Topliss-reactive ketones (excluding diaryl/α,β-unsaturated/α-hetero) is 1. The van der Waals surface area contributed by atoms with E-state index in [2.05, 4.69) is 0 Å². The molecule has 2 nitrogen and oxygen atoms in total. The fourth-order valence-electron chi connectivity index (χ4n) is 2.67. The zero-order valence-corrected chi connectivity index (χ0v) is 11.5. The van der Waals surface area contributed by atoms with Crippen molar-refractivity contribution in [2.24, 2.45) is 11.7 Å². The Morgan fingerprint density at radius 1 is 1.39 bits per heavy atom. The van der Waals surface area contributed by atoms with E-state index in [-0.39, 0.29) is 17.7 Å². The van der Waals surface area contributed by atoms with Crippen molar-refractivity contribution in [2.45, 2.75) is 45.1 Å². The number of hydrogen-bond donors (Lipinski definition) is 1. The molecule has 0 heterocycles. The summed E-state index contributed by atoms with van der Waals surface area (Å²) in [5.74, 6) is 0.268. The van der Waals surface area contributed by atoms with Gasteiger partial charge >= 0.3 is 0 Å². The average Bonchev–Trinajstić information content (AvgIpc) is 2.33. The van der Waals surface area contributed by atoms with Crippen LogP contribution in [0.4, 0.5) is 0 Å². The minimum Gasteiger partial charge on any atom is -0.327 e. The summed E-state index contributed by atoms with van der Waals surface area (Å²) in [5.41, 5.74) is 8.08. The Kier molecular flexibility index (Phi) is 4.41. The first-order valence-corrected chi connectivity index (χ1v) is 6.99. The second-order valence-corrected chi connectivity index (χ2v) is 5.70. The lowest BCUT2D eigenvalue weighted by Gasteiger charge is -2.27. The molecule has 1 aliphatic rings. The zero-order chi connectivity index (χ0) is 13.1. The van der Waals surface area contributed by atoms with E-state index in [4.69, 9.17) is 17.3 Å². The van der Waals surface area contributed by atoms with Crippen LogP contribution in [0.5, 0.6) is 0 Å². The van der Waals surface area contributed by atoms with Gasteiger partial charge in [0.05, 0.1) is 0 Å². The Morgan fingerprint density at radius 3 is 2.78 bits per heavy atom. The third-order valence-electron chi connectivity index (χ3n) is 3.81. The molecule has 2 atom stereocenters. The Labute approximate surface area is 114 Å². The van der Waals surface area contributed by atoms with Gasteiger partial charge in [-0.1, -0.05) is 36.6 Å². The molecule has 1 saturated carbocycles. The molecule has 1 aromatic rings. The van der Waals surface area contributed by atoms with Gasteiger partial charge in [0, 0.05) is 23.4 Å². The van der Waals surface area contributed by atoms with Gasteiger partial charge in [-0.3, -0.25) is 4.79 Å². The van der Waals surface area contributed by atoms with Gasteiger partial charge in [0.1, 0.15) is 5.78 Å². The number of aryl methyl sites for hydroxylation is 1. The van der Waals surface area contributed by atoms with Crippen LogP contribution in [0.2, 0.25) is 5.02 Å². The van der Waals surface area contributed by atoms with Crippen LogP contribution < -0.4 is 5.73 Å². The molecule has 0 aliphatic heterocycles. The zero-order valence-electron chi connectivity index (χ0n) is 10.8. The summed E-state index contributed by atoms with van der Waals surface area (Å²) in [4.78, 5) is 12.3. The van der Waals surface area contributed by atoms with Crippen molar-refractivity contribution in [1.29, 1.82) is 0 Å². The Balaban J connectivity index is 2.06. The van der Waals surface area contributed by atoms with Gasteiger partial charge in [0.25, 0.3) is 0 Å². The van der Waals surface area contributed by atoms with E-state index in [0.717, 1.165) is 36.8 Å². The molecule has 3 heteroatoms. The van der Waals surface area contributed by atoms with Crippen LogP contribution in [0.3, 0.4) is 0 Å². The van der Waals surface area contributed by atoms with Crippen LogP contribution in [0.15, 0.2) is 18.2 Å². The summed E-state index contributed by atoms with van der Waals surface area (Å²) in [6, 6.07) is 5.89. The third-order valence-corrected chi connectivity index (χ3v) is 4.16. The number of nitrogens with two attached hydrogens (primary N) is 1. The fraction of sp³-hybridized carbons (Fsp3) is 0.533. The van der Waals surface area contributed by atoms with Crippen molar-refractivity contribution in [2.75, 3.05) is 0 Å². The monoisotopic (exact) mass is 265 g/mol. The van der Waals surface area contributed by atoms with E-state index in [0.29, 0.717) is 11.4 Å². The maximum Gasteiger partial charge on any atom is 0.141 e. The van der Waals surface area contributed by atoms with Crippen molar-refractivity contribution >= 4 is 17.4 Å². The maximum atomic E-state index is 12.3. The molecule has 1 aliphatic carbocycles. The molecule has 0 aromatic heterocycles. The molecule has 2 rings (SSSR count). The molecule has 98 valence electrons. The van der Waals surface area contributed by atoms with E-state index in [1.165, 1.54) is 0 Å². The molecule has 1 aromatic carbocycles. The van der Waals surface area contributed by atoms with E-state index >= 15 is 0 Å². The SMILES string of the molecule is Cc1ccc(CC(=O)C2CCCCC2N)c(Cl)c1. The fourth-order valence-corrected chi connectivity index (χ4v) is 2.98. The van der Waals surface area contributed by atoms with Crippen molar-refractivity contribution in [3.05, 3.63) is 34.3 Å². The van der Waals surface area contributed by atoms with Crippen LogP contribution in [0, 0.1) is 12.8 Å². The quantitative estimate of drug-likeness (QED) is 0.911. The van der Waals surface area contributed by atoms with Gasteiger partial charge in [0.2, 0.25) is 0 Å². The maximum absolute atomic E-state index is 12.3. The number of carbonyl (C=O) groups is 1. The van der Waals surface area contributed by atoms with E-state index in [1.807, 2.05) is 25.1 Å². The second-order valence-electron chi connectivity index (χ2n) is 5.29. The van der Waals surface area contributed by atoms with Crippen LogP contribution in [-0.4, -0.2) is 11.8 Å². The van der Waals surface area contributed by atoms with E-state index < -0.39 is 0 Å². The molecule has 0 amide bonds. The summed E-state index contributed by atoms with van der Waals surface area (Å²) in [7, 11) is 0. The third kappa shape index (κ3) is 3.12. The minimum atomic E-state index is 0.0242.